The molecule has 1 saturated heterocycles. The van der Waals surface area contributed by atoms with Crippen molar-refractivity contribution in [3.63, 3.8) is 0 Å². The summed E-state index contributed by atoms with van der Waals surface area (Å²) in [5, 5.41) is 11.6. The Kier molecular flexibility index (Phi) is 2.29. The van der Waals surface area contributed by atoms with Crippen molar-refractivity contribution in [2.45, 2.75) is 19.4 Å². The van der Waals surface area contributed by atoms with Crippen LogP contribution in [0, 0.1) is 6.92 Å². The number of H-pyrrole nitrogens is 1. The number of benzene rings is 1. The zero-order valence-corrected chi connectivity index (χ0v) is 9.29. The molecule has 0 aliphatic carbocycles. The summed E-state index contributed by atoms with van der Waals surface area (Å²) < 4.78 is 5.90. The first kappa shape index (κ1) is 9.66. The highest BCUT2D eigenvalue weighted by Crippen LogP contribution is 2.27. The van der Waals surface area contributed by atoms with Gasteiger partial charge in [0.1, 0.15) is 6.10 Å². The number of aromatic amines is 1. The third kappa shape index (κ3) is 1.55. The molecule has 1 fully saturated rings. The fourth-order valence-electron chi connectivity index (χ4n) is 2.18. The predicted octanol–water partition coefficient (Wildman–Crippen LogP) is 1.61. The molecule has 3 rings (SSSR count). The Balaban J connectivity index is 1.97. The van der Waals surface area contributed by atoms with Crippen molar-refractivity contribution in [1.82, 2.24) is 15.5 Å². The van der Waals surface area contributed by atoms with Gasteiger partial charge in [0.25, 0.3) is 0 Å². The van der Waals surface area contributed by atoms with Gasteiger partial charge in [-0.15, -0.1) is 5.10 Å². The van der Waals surface area contributed by atoms with E-state index >= 15 is 0 Å². The molecule has 2 heterocycles. The van der Waals surface area contributed by atoms with Gasteiger partial charge in [-0.3, -0.25) is 5.10 Å². The number of fused-ring (bicyclic) bond motifs is 1. The van der Waals surface area contributed by atoms with Crippen LogP contribution < -0.4 is 10.1 Å². The molecular weight excluding hydrogens is 202 g/mol. The smallest absolute Gasteiger partial charge is 0.241 e. The molecule has 16 heavy (non-hydrogen) atoms. The summed E-state index contributed by atoms with van der Waals surface area (Å²) in [6, 6.07) is 6.13. The number of ether oxygens (including phenoxy) is 1. The van der Waals surface area contributed by atoms with Gasteiger partial charge in [0.15, 0.2) is 0 Å². The number of rotatable bonds is 2. The Hall–Kier alpha value is -1.55. The monoisotopic (exact) mass is 217 g/mol. The maximum absolute atomic E-state index is 5.90. The Bertz CT molecular complexity index is 500. The summed E-state index contributed by atoms with van der Waals surface area (Å²) in [4.78, 5) is 0. The van der Waals surface area contributed by atoms with Gasteiger partial charge in [-0.25, -0.2) is 0 Å². The van der Waals surface area contributed by atoms with Crippen molar-refractivity contribution in [3.8, 4) is 5.88 Å². The standard InChI is InChI=1S/C12H15N3O/c1-8-3-2-4-10-11(8)12(15-14-10)16-9-5-6-13-7-9/h2-4,9,13H,5-7H2,1H3,(H,14,15). The Morgan fingerprint density at radius 2 is 2.38 bits per heavy atom. The molecule has 0 amide bonds. The molecule has 84 valence electrons. The van der Waals surface area contributed by atoms with E-state index < -0.39 is 0 Å². The molecule has 2 N–H and O–H groups in total. The van der Waals surface area contributed by atoms with Crippen LogP contribution in [0.2, 0.25) is 0 Å². The topological polar surface area (TPSA) is 49.9 Å². The van der Waals surface area contributed by atoms with E-state index in [-0.39, 0.29) is 6.10 Å². The highest BCUT2D eigenvalue weighted by molar-refractivity contribution is 5.87. The average Bonchev–Trinajstić information content (AvgIpc) is 2.90. The molecule has 0 radical (unpaired) electrons. The first-order valence-corrected chi connectivity index (χ1v) is 5.65. The summed E-state index contributed by atoms with van der Waals surface area (Å²) in [5.74, 6) is 0.738. The van der Waals surface area contributed by atoms with Crippen LogP contribution in [0.4, 0.5) is 0 Å². The minimum Gasteiger partial charge on any atom is -0.471 e. The van der Waals surface area contributed by atoms with E-state index in [4.69, 9.17) is 4.74 Å². The van der Waals surface area contributed by atoms with Gasteiger partial charge in [-0.1, -0.05) is 12.1 Å². The van der Waals surface area contributed by atoms with Gasteiger partial charge < -0.3 is 10.1 Å². The largest absolute Gasteiger partial charge is 0.471 e. The fourth-order valence-corrected chi connectivity index (χ4v) is 2.18. The maximum Gasteiger partial charge on any atom is 0.241 e. The second kappa shape index (κ2) is 3.79. The number of aromatic nitrogens is 2. The lowest BCUT2D eigenvalue weighted by atomic mass is 10.1. The highest BCUT2D eigenvalue weighted by atomic mass is 16.5. The summed E-state index contributed by atoms with van der Waals surface area (Å²) in [5.41, 5.74) is 2.24. The van der Waals surface area contributed by atoms with E-state index in [1.54, 1.807) is 0 Å². The van der Waals surface area contributed by atoms with Gasteiger partial charge in [0.2, 0.25) is 5.88 Å². The van der Waals surface area contributed by atoms with Crippen LogP contribution in [0.25, 0.3) is 10.9 Å². The van der Waals surface area contributed by atoms with Crippen LogP contribution >= 0.6 is 0 Å². The third-order valence-corrected chi connectivity index (χ3v) is 3.06. The van der Waals surface area contributed by atoms with Crippen LogP contribution in [-0.4, -0.2) is 29.4 Å². The molecule has 1 aliphatic rings. The zero-order chi connectivity index (χ0) is 11.0. The lowest BCUT2D eigenvalue weighted by Gasteiger charge is -2.10. The molecule has 2 aromatic rings. The molecule has 4 nitrogen and oxygen atoms in total. The lowest BCUT2D eigenvalue weighted by Crippen LogP contribution is -2.19. The van der Waals surface area contributed by atoms with Gasteiger partial charge >= 0.3 is 0 Å². The van der Waals surface area contributed by atoms with Crippen molar-refractivity contribution in [2.75, 3.05) is 13.1 Å². The number of hydrogen-bond acceptors (Lipinski definition) is 3. The molecule has 0 saturated carbocycles. The van der Waals surface area contributed by atoms with Crippen molar-refractivity contribution >= 4 is 10.9 Å². The van der Waals surface area contributed by atoms with E-state index in [2.05, 4.69) is 28.5 Å². The highest BCUT2D eigenvalue weighted by Gasteiger charge is 2.19. The molecule has 1 unspecified atom stereocenters. The van der Waals surface area contributed by atoms with Crippen molar-refractivity contribution in [3.05, 3.63) is 23.8 Å². The van der Waals surface area contributed by atoms with Crippen molar-refractivity contribution < 1.29 is 4.74 Å². The zero-order valence-electron chi connectivity index (χ0n) is 9.29. The first-order valence-electron chi connectivity index (χ1n) is 5.65. The van der Waals surface area contributed by atoms with Gasteiger partial charge in [0.05, 0.1) is 10.9 Å². The van der Waals surface area contributed by atoms with E-state index in [0.29, 0.717) is 0 Å². The second-order valence-corrected chi connectivity index (χ2v) is 4.26. The molecular formula is C12H15N3O. The SMILES string of the molecule is Cc1cccc2[nH]nc(OC3CCNC3)c12. The van der Waals surface area contributed by atoms with Gasteiger partial charge in [-0.2, -0.15) is 0 Å². The number of nitrogens with one attached hydrogen (secondary N) is 2. The Labute approximate surface area is 94.0 Å². The second-order valence-electron chi connectivity index (χ2n) is 4.26. The normalized spacial score (nSPS) is 20.4. The van der Waals surface area contributed by atoms with E-state index in [1.165, 1.54) is 5.56 Å². The molecule has 1 aromatic heterocycles. The van der Waals surface area contributed by atoms with E-state index in [0.717, 1.165) is 36.3 Å². The average molecular weight is 217 g/mol. The Morgan fingerprint density at radius 1 is 1.44 bits per heavy atom. The van der Waals surface area contributed by atoms with Gasteiger partial charge in [0, 0.05) is 6.54 Å². The van der Waals surface area contributed by atoms with Crippen LogP contribution in [0.5, 0.6) is 5.88 Å². The minimum atomic E-state index is 0.256. The third-order valence-electron chi connectivity index (χ3n) is 3.06. The molecule has 1 aromatic carbocycles. The summed E-state index contributed by atoms with van der Waals surface area (Å²) in [6.07, 6.45) is 1.31. The summed E-state index contributed by atoms with van der Waals surface area (Å²) in [7, 11) is 0. The van der Waals surface area contributed by atoms with Crippen LogP contribution in [0.3, 0.4) is 0 Å². The van der Waals surface area contributed by atoms with E-state index in [9.17, 15) is 0 Å². The summed E-state index contributed by atoms with van der Waals surface area (Å²) >= 11 is 0. The molecule has 0 spiro atoms. The molecule has 0 bridgehead atoms. The molecule has 1 atom stereocenters. The van der Waals surface area contributed by atoms with E-state index in [1.807, 2.05) is 12.1 Å². The maximum atomic E-state index is 5.90. The minimum absolute atomic E-state index is 0.256. The lowest BCUT2D eigenvalue weighted by molar-refractivity contribution is 0.216. The quantitative estimate of drug-likeness (QED) is 0.803. The van der Waals surface area contributed by atoms with Crippen LogP contribution in [0.1, 0.15) is 12.0 Å². The number of hydrogen-bond donors (Lipinski definition) is 2. The van der Waals surface area contributed by atoms with Crippen LogP contribution in [0.15, 0.2) is 18.2 Å². The Morgan fingerprint density at radius 3 is 3.19 bits per heavy atom. The first-order chi connectivity index (χ1) is 7.84. The predicted molar refractivity (Wildman–Crippen MR) is 62.7 cm³/mol. The van der Waals surface area contributed by atoms with Crippen LogP contribution in [-0.2, 0) is 0 Å². The number of nitrogens with zero attached hydrogens (tertiary/aromatic N) is 1. The van der Waals surface area contributed by atoms with Crippen molar-refractivity contribution in [1.29, 1.82) is 0 Å². The van der Waals surface area contributed by atoms with Gasteiger partial charge in [-0.05, 0) is 31.5 Å². The molecule has 1 aliphatic heterocycles. The van der Waals surface area contributed by atoms with Crippen molar-refractivity contribution in [2.24, 2.45) is 0 Å². The molecule has 4 heteroatoms. The summed E-state index contributed by atoms with van der Waals surface area (Å²) in [6.45, 7) is 4.03. The number of aryl methyl sites for hydroxylation is 1. The fraction of sp³-hybridized carbons (Fsp3) is 0.417.